The van der Waals surface area contributed by atoms with Gasteiger partial charge in [-0.25, -0.2) is 4.39 Å². The van der Waals surface area contributed by atoms with Crippen molar-refractivity contribution >= 4 is 34.9 Å². The Kier molecular flexibility index (Phi) is 10.2. The van der Waals surface area contributed by atoms with E-state index in [-0.39, 0.29) is 29.9 Å². The van der Waals surface area contributed by atoms with Crippen molar-refractivity contribution in [2.24, 2.45) is 0 Å². The Labute approximate surface area is 237 Å². The van der Waals surface area contributed by atoms with Gasteiger partial charge in [-0.2, -0.15) is 0 Å². The highest BCUT2D eigenvalue weighted by Gasteiger charge is 2.23. The Hall–Kier alpha value is -3.89. The number of aryl methyl sites for hydroxylation is 1. The van der Waals surface area contributed by atoms with Crippen LogP contribution in [0.25, 0.3) is 6.08 Å². The van der Waals surface area contributed by atoms with Gasteiger partial charge >= 0.3 is 0 Å². The van der Waals surface area contributed by atoms with Gasteiger partial charge in [0.1, 0.15) is 12.4 Å². The van der Waals surface area contributed by atoms with Crippen molar-refractivity contribution in [2.75, 3.05) is 32.7 Å². The third-order valence-electron chi connectivity index (χ3n) is 6.99. The van der Waals surface area contributed by atoms with E-state index in [9.17, 15) is 24.1 Å². The molecule has 2 heterocycles. The van der Waals surface area contributed by atoms with E-state index >= 15 is 0 Å². The number of thiophene rings is 1. The van der Waals surface area contributed by atoms with Gasteiger partial charge in [-0.05, 0) is 91.3 Å². The number of nitro groups is 1. The van der Waals surface area contributed by atoms with Crippen LogP contribution in [0.3, 0.4) is 0 Å². The van der Waals surface area contributed by atoms with Crippen molar-refractivity contribution in [1.29, 1.82) is 0 Å². The summed E-state index contributed by atoms with van der Waals surface area (Å²) < 4.78 is 13.5. The molecule has 2 amide bonds. The Morgan fingerprint density at radius 1 is 1.02 bits per heavy atom. The van der Waals surface area contributed by atoms with Crippen LogP contribution in [0.4, 0.5) is 10.1 Å². The van der Waals surface area contributed by atoms with Crippen molar-refractivity contribution < 1.29 is 18.9 Å². The van der Waals surface area contributed by atoms with Crippen molar-refractivity contribution in [3.05, 3.63) is 104 Å². The van der Waals surface area contributed by atoms with Gasteiger partial charge in [0.2, 0.25) is 11.8 Å². The summed E-state index contributed by atoms with van der Waals surface area (Å²) in [6.45, 7) is 5.62. The molecule has 1 aliphatic rings. The van der Waals surface area contributed by atoms with Gasteiger partial charge in [0, 0.05) is 42.7 Å². The van der Waals surface area contributed by atoms with E-state index in [1.165, 1.54) is 30.3 Å². The fourth-order valence-electron chi connectivity index (χ4n) is 4.56. The first-order chi connectivity index (χ1) is 19.3. The second-order valence-corrected chi connectivity index (χ2v) is 10.9. The molecule has 1 fully saturated rings. The third-order valence-corrected chi connectivity index (χ3v) is 7.99. The molecule has 210 valence electrons. The van der Waals surface area contributed by atoms with Gasteiger partial charge in [0.05, 0.1) is 11.5 Å². The van der Waals surface area contributed by atoms with Gasteiger partial charge in [0.25, 0.3) is 5.69 Å². The van der Waals surface area contributed by atoms with Crippen LogP contribution in [0.2, 0.25) is 0 Å². The number of carbonyl (C=O) groups is 2. The van der Waals surface area contributed by atoms with Gasteiger partial charge in [-0.15, -0.1) is 11.3 Å². The summed E-state index contributed by atoms with van der Waals surface area (Å²) >= 11 is 1.57. The maximum Gasteiger partial charge on any atom is 0.269 e. The summed E-state index contributed by atoms with van der Waals surface area (Å²) in [6, 6.07) is 14.0. The predicted molar refractivity (Wildman–Crippen MR) is 154 cm³/mol. The number of nitrogens with zero attached hydrogens (tertiary/aromatic N) is 4. The second-order valence-electron chi connectivity index (χ2n) is 9.89. The molecule has 4 rings (SSSR count). The third kappa shape index (κ3) is 8.30. The van der Waals surface area contributed by atoms with Crippen LogP contribution >= 0.6 is 11.3 Å². The Bertz CT molecular complexity index is 1330. The van der Waals surface area contributed by atoms with Gasteiger partial charge in [0.15, 0.2) is 0 Å². The Morgan fingerprint density at radius 2 is 1.73 bits per heavy atom. The average Bonchev–Trinajstić information content (AvgIpc) is 3.62. The average molecular weight is 565 g/mol. The molecule has 1 saturated heterocycles. The molecule has 0 spiro atoms. The number of non-ortho nitro benzene ring substituents is 1. The van der Waals surface area contributed by atoms with Crippen LogP contribution in [0.1, 0.15) is 34.4 Å². The lowest BCUT2D eigenvalue weighted by Crippen LogP contribution is -2.44. The van der Waals surface area contributed by atoms with Crippen LogP contribution in [-0.2, 0) is 22.7 Å². The minimum atomic E-state index is -0.472. The highest BCUT2D eigenvalue weighted by atomic mass is 32.1. The molecule has 10 heteroatoms. The number of carbonyl (C=O) groups excluding carboxylic acids is 2. The summed E-state index contributed by atoms with van der Waals surface area (Å²) in [6.07, 6.45) is 5.26. The number of rotatable bonds is 12. The van der Waals surface area contributed by atoms with Crippen LogP contribution in [0, 0.1) is 22.9 Å². The van der Waals surface area contributed by atoms with Crippen molar-refractivity contribution in [3.8, 4) is 0 Å². The maximum atomic E-state index is 13.7. The van der Waals surface area contributed by atoms with Crippen LogP contribution < -0.4 is 0 Å². The Morgan fingerprint density at radius 3 is 2.35 bits per heavy atom. The van der Waals surface area contributed by atoms with Gasteiger partial charge in [-0.3, -0.25) is 19.7 Å². The van der Waals surface area contributed by atoms with Gasteiger partial charge in [-0.1, -0.05) is 12.1 Å². The van der Waals surface area contributed by atoms with E-state index < -0.39 is 4.92 Å². The zero-order chi connectivity index (χ0) is 28.5. The fraction of sp³-hybridized carbons (Fsp3) is 0.333. The highest BCUT2D eigenvalue weighted by molar-refractivity contribution is 7.10. The number of hydrogen-bond donors (Lipinski definition) is 0. The van der Waals surface area contributed by atoms with E-state index in [4.69, 9.17) is 0 Å². The highest BCUT2D eigenvalue weighted by Crippen LogP contribution is 2.20. The lowest BCUT2D eigenvalue weighted by Gasteiger charge is -2.28. The molecule has 0 bridgehead atoms. The molecular weight excluding hydrogens is 531 g/mol. The van der Waals surface area contributed by atoms with E-state index in [0.717, 1.165) is 41.9 Å². The molecule has 0 N–H and O–H groups in total. The number of likely N-dealkylation sites (tertiary alicyclic amines) is 1. The molecule has 0 radical (unpaired) electrons. The fourth-order valence-corrected chi connectivity index (χ4v) is 5.48. The molecule has 0 saturated carbocycles. The molecule has 1 aromatic heterocycles. The predicted octanol–water partition coefficient (Wildman–Crippen LogP) is 5.27. The molecule has 2 aromatic carbocycles. The van der Waals surface area contributed by atoms with E-state index in [1.807, 2.05) is 18.4 Å². The zero-order valence-electron chi connectivity index (χ0n) is 22.5. The lowest BCUT2D eigenvalue weighted by atomic mass is 10.2. The SMILES string of the molecule is Cc1ccsc1CN(Cc1ccc(F)cc1)C(=O)CN(CCN1CCCC1)C(=O)/C=C/c1ccc([N+](=O)[O-])cc1. The molecule has 0 aliphatic carbocycles. The molecular formula is C30H33FN4O4S. The summed E-state index contributed by atoms with van der Waals surface area (Å²) in [7, 11) is 0. The van der Waals surface area contributed by atoms with Crippen molar-refractivity contribution in [1.82, 2.24) is 14.7 Å². The molecule has 0 atom stereocenters. The topological polar surface area (TPSA) is 87.0 Å². The normalized spacial score (nSPS) is 13.6. The minimum Gasteiger partial charge on any atom is -0.332 e. The van der Waals surface area contributed by atoms with E-state index in [1.54, 1.807) is 51.5 Å². The Balaban J connectivity index is 1.51. The largest absolute Gasteiger partial charge is 0.332 e. The number of halogens is 1. The number of amides is 2. The van der Waals surface area contributed by atoms with Crippen LogP contribution in [0.15, 0.2) is 66.1 Å². The first-order valence-corrected chi connectivity index (χ1v) is 14.2. The standard InChI is InChI=1S/C30H33FN4O4S/c1-23-14-19-40-28(23)21-34(20-25-4-9-26(31)10-5-25)30(37)22-33(18-17-32-15-2-3-16-32)29(36)13-8-24-6-11-27(12-7-24)35(38)39/h4-14,19H,2-3,15-18,20-22H2,1H3/b13-8+. The smallest absolute Gasteiger partial charge is 0.269 e. The molecule has 40 heavy (non-hydrogen) atoms. The summed E-state index contributed by atoms with van der Waals surface area (Å²) in [5.41, 5.74) is 2.52. The molecule has 8 nitrogen and oxygen atoms in total. The number of nitro benzene ring substituents is 1. The summed E-state index contributed by atoms with van der Waals surface area (Å²) in [5.74, 6) is -0.843. The second kappa shape index (κ2) is 14.0. The molecule has 0 unspecified atom stereocenters. The summed E-state index contributed by atoms with van der Waals surface area (Å²) in [4.78, 5) is 44.1. The number of benzene rings is 2. The van der Waals surface area contributed by atoms with E-state index in [0.29, 0.717) is 31.7 Å². The van der Waals surface area contributed by atoms with Crippen molar-refractivity contribution in [2.45, 2.75) is 32.9 Å². The maximum absolute atomic E-state index is 13.7. The quantitative estimate of drug-likeness (QED) is 0.170. The minimum absolute atomic E-state index is 0.0245. The first kappa shape index (κ1) is 29.1. The summed E-state index contributed by atoms with van der Waals surface area (Å²) in [5, 5.41) is 12.9. The monoisotopic (exact) mass is 564 g/mol. The van der Waals surface area contributed by atoms with Crippen LogP contribution in [-0.4, -0.2) is 64.2 Å². The zero-order valence-corrected chi connectivity index (χ0v) is 23.3. The van der Waals surface area contributed by atoms with Crippen molar-refractivity contribution in [3.63, 3.8) is 0 Å². The molecule has 1 aliphatic heterocycles. The van der Waals surface area contributed by atoms with Gasteiger partial charge < -0.3 is 14.7 Å². The first-order valence-electron chi connectivity index (χ1n) is 13.3. The van der Waals surface area contributed by atoms with Crippen LogP contribution in [0.5, 0.6) is 0 Å². The van der Waals surface area contributed by atoms with E-state index in [2.05, 4.69) is 4.90 Å². The lowest BCUT2D eigenvalue weighted by molar-refractivity contribution is -0.384. The molecule has 3 aromatic rings. The number of hydrogen-bond acceptors (Lipinski definition) is 6.